The number of carbonyl (C=O) groups is 1. The first-order chi connectivity index (χ1) is 9.81. The number of rotatable bonds is 6. The number of nitrogens with one attached hydrogen (secondary N) is 1. The molecule has 0 spiro atoms. The number of nitrogens with zero attached hydrogens (tertiary/aromatic N) is 2. The number of likely N-dealkylation sites (N-methyl/N-ethyl adjacent to an activating group) is 1. The Morgan fingerprint density at radius 1 is 1.33 bits per heavy atom. The quantitative estimate of drug-likeness (QED) is 0.817. The van der Waals surface area contributed by atoms with E-state index in [1.54, 1.807) is 12.1 Å². The van der Waals surface area contributed by atoms with E-state index >= 15 is 0 Å². The molecule has 0 aliphatic carbocycles. The maximum atomic E-state index is 13.4. The Hall–Kier alpha value is -1.88. The van der Waals surface area contributed by atoms with Gasteiger partial charge in [-0.2, -0.15) is 0 Å². The van der Waals surface area contributed by atoms with Crippen molar-refractivity contribution in [3.05, 3.63) is 41.7 Å². The van der Waals surface area contributed by atoms with Gasteiger partial charge in [0.25, 0.3) is 0 Å². The Labute approximate surface area is 126 Å². The maximum Gasteiger partial charge on any atom is 0.244 e. The first-order valence-electron chi connectivity index (χ1n) is 6.89. The maximum absolute atomic E-state index is 13.4. The molecule has 1 N–H and O–H groups in total. The van der Waals surface area contributed by atoms with Gasteiger partial charge in [-0.05, 0) is 39.2 Å². The molecule has 1 unspecified atom stereocenters. The van der Waals surface area contributed by atoms with Crippen LogP contribution in [0, 0.1) is 5.82 Å². The van der Waals surface area contributed by atoms with Crippen molar-refractivity contribution < 1.29 is 9.18 Å². The van der Waals surface area contributed by atoms with Crippen LogP contribution in [0.3, 0.4) is 0 Å². The molecule has 1 aromatic carbocycles. The Bertz CT molecular complexity index is 512. The third-order valence-electron chi connectivity index (χ3n) is 3.04. The molecule has 4 nitrogen and oxygen atoms in total. The molecule has 0 fully saturated rings. The summed E-state index contributed by atoms with van der Waals surface area (Å²) >= 11 is 0. The summed E-state index contributed by atoms with van der Waals surface area (Å²) in [4.78, 5) is 15.7. The van der Waals surface area contributed by atoms with Crippen LogP contribution in [0.15, 0.2) is 30.4 Å². The lowest BCUT2D eigenvalue weighted by molar-refractivity contribution is -0.117. The summed E-state index contributed by atoms with van der Waals surface area (Å²) < 4.78 is 13.4. The Balaban J connectivity index is 2.79. The van der Waals surface area contributed by atoms with Crippen molar-refractivity contribution in [3.63, 3.8) is 0 Å². The first kappa shape index (κ1) is 17.2. The van der Waals surface area contributed by atoms with Gasteiger partial charge in [-0.1, -0.05) is 6.08 Å². The molecule has 0 saturated heterocycles. The molecule has 0 aromatic heterocycles. The van der Waals surface area contributed by atoms with E-state index in [0.29, 0.717) is 6.54 Å². The normalized spacial score (nSPS) is 12.7. The summed E-state index contributed by atoms with van der Waals surface area (Å²) in [5.41, 5.74) is 1.65. The fraction of sp³-hybridized carbons (Fsp3) is 0.438. The second-order valence-corrected chi connectivity index (χ2v) is 5.49. The van der Waals surface area contributed by atoms with Gasteiger partial charge in [-0.3, -0.25) is 4.79 Å². The number of anilines is 1. The van der Waals surface area contributed by atoms with Crippen LogP contribution < -0.4 is 10.2 Å². The number of hydrogen-bond acceptors (Lipinski definition) is 3. The van der Waals surface area contributed by atoms with Gasteiger partial charge in [0.15, 0.2) is 0 Å². The first-order valence-corrected chi connectivity index (χ1v) is 6.89. The van der Waals surface area contributed by atoms with E-state index in [-0.39, 0.29) is 17.8 Å². The number of halogens is 1. The molecule has 0 radical (unpaired) electrons. The molecule has 0 saturated carbocycles. The van der Waals surface area contributed by atoms with Gasteiger partial charge in [0.05, 0.1) is 6.04 Å². The molecule has 21 heavy (non-hydrogen) atoms. The number of carbonyl (C=O) groups excluding carboxylic acids is 1. The molecule has 1 amide bonds. The van der Waals surface area contributed by atoms with Gasteiger partial charge >= 0.3 is 0 Å². The van der Waals surface area contributed by atoms with Gasteiger partial charge in [0.1, 0.15) is 5.82 Å². The van der Waals surface area contributed by atoms with Gasteiger partial charge in [0, 0.05) is 38.0 Å². The van der Waals surface area contributed by atoms with E-state index in [4.69, 9.17) is 0 Å². The van der Waals surface area contributed by atoms with Crippen molar-refractivity contribution in [2.45, 2.75) is 13.0 Å². The molecular weight excluding hydrogens is 269 g/mol. The summed E-state index contributed by atoms with van der Waals surface area (Å²) in [6.45, 7) is 2.55. The highest BCUT2D eigenvalue weighted by atomic mass is 19.1. The number of benzene rings is 1. The number of hydrogen-bond donors (Lipinski definition) is 1. The summed E-state index contributed by atoms with van der Waals surface area (Å²) in [5, 5.41) is 2.85. The van der Waals surface area contributed by atoms with Crippen LogP contribution in [0.25, 0.3) is 0 Å². The minimum atomic E-state index is -0.306. The number of amides is 1. The van der Waals surface area contributed by atoms with Crippen LogP contribution in [0.4, 0.5) is 10.1 Å². The van der Waals surface area contributed by atoms with E-state index in [2.05, 4.69) is 5.32 Å². The molecular formula is C16H24FN3O. The van der Waals surface area contributed by atoms with Crippen molar-refractivity contribution >= 4 is 11.6 Å². The lowest BCUT2D eigenvalue weighted by atomic mass is 10.0. The Morgan fingerprint density at radius 2 is 2.00 bits per heavy atom. The van der Waals surface area contributed by atoms with Crippen LogP contribution >= 0.6 is 0 Å². The highest BCUT2D eigenvalue weighted by Gasteiger charge is 2.14. The minimum Gasteiger partial charge on any atom is -0.377 e. The van der Waals surface area contributed by atoms with Crippen LogP contribution in [0.2, 0.25) is 0 Å². The van der Waals surface area contributed by atoms with Crippen molar-refractivity contribution in [1.29, 1.82) is 0 Å². The SMILES string of the molecule is CC(NC(=O)/C=C/CN(C)C)c1cc(F)ccc1N(C)C. The zero-order valence-corrected chi connectivity index (χ0v) is 13.4. The average Bonchev–Trinajstić information content (AvgIpc) is 2.37. The van der Waals surface area contributed by atoms with Gasteiger partial charge < -0.3 is 15.1 Å². The summed E-state index contributed by atoms with van der Waals surface area (Å²) in [5.74, 6) is -0.488. The molecule has 0 heterocycles. The van der Waals surface area contributed by atoms with E-state index < -0.39 is 0 Å². The zero-order chi connectivity index (χ0) is 16.0. The highest BCUT2D eigenvalue weighted by molar-refractivity contribution is 5.88. The average molecular weight is 293 g/mol. The predicted molar refractivity (Wildman–Crippen MR) is 85.0 cm³/mol. The Morgan fingerprint density at radius 3 is 2.57 bits per heavy atom. The highest BCUT2D eigenvalue weighted by Crippen LogP contribution is 2.25. The molecule has 1 rings (SSSR count). The van der Waals surface area contributed by atoms with Crippen molar-refractivity contribution in [3.8, 4) is 0 Å². The molecule has 0 bridgehead atoms. The third-order valence-corrected chi connectivity index (χ3v) is 3.04. The summed E-state index contributed by atoms with van der Waals surface area (Å²) in [6, 6.07) is 4.33. The minimum absolute atomic E-state index is 0.182. The largest absolute Gasteiger partial charge is 0.377 e. The van der Waals surface area contributed by atoms with Crippen LogP contribution in [-0.2, 0) is 4.79 Å². The summed E-state index contributed by atoms with van der Waals surface area (Å²) in [7, 11) is 7.65. The van der Waals surface area contributed by atoms with E-state index in [1.165, 1.54) is 18.2 Å². The smallest absolute Gasteiger partial charge is 0.244 e. The zero-order valence-electron chi connectivity index (χ0n) is 13.4. The third kappa shape index (κ3) is 5.55. The fourth-order valence-corrected chi connectivity index (χ4v) is 1.99. The van der Waals surface area contributed by atoms with Crippen molar-refractivity contribution in [1.82, 2.24) is 10.2 Å². The standard InChI is InChI=1S/C16H24FN3O/c1-12(18-16(21)7-6-10-19(2)3)14-11-13(17)8-9-15(14)20(4)5/h6-9,11-12H,10H2,1-5H3,(H,18,21)/b7-6+. The van der Waals surface area contributed by atoms with Gasteiger partial charge in [0.2, 0.25) is 5.91 Å². The van der Waals surface area contributed by atoms with E-state index in [9.17, 15) is 9.18 Å². The van der Waals surface area contributed by atoms with Gasteiger partial charge in [-0.25, -0.2) is 4.39 Å². The van der Waals surface area contributed by atoms with Crippen molar-refractivity contribution in [2.75, 3.05) is 39.6 Å². The molecule has 0 aliphatic heterocycles. The topological polar surface area (TPSA) is 35.6 Å². The van der Waals surface area contributed by atoms with E-state index in [1.807, 2.05) is 44.9 Å². The van der Waals surface area contributed by atoms with Gasteiger partial charge in [-0.15, -0.1) is 0 Å². The van der Waals surface area contributed by atoms with Crippen LogP contribution in [-0.4, -0.2) is 45.5 Å². The monoisotopic (exact) mass is 293 g/mol. The predicted octanol–water partition coefficient (Wildman–Crippen LogP) is 2.19. The molecule has 0 aliphatic rings. The van der Waals surface area contributed by atoms with Crippen LogP contribution in [0.1, 0.15) is 18.5 Å². The molecule has 5 heteroatoms. The Kier molecular flexibility index (Phi) is 6.37. The fourth-order valence-electron chi connectivity index (χ4n) is 1.99. The lowest BCUT2D eigenvalue weighted by Gasteiger charge is -2.22. The molecule has 1 atom stereocenters. The molecule has 116 valence electrons. The molecule has 1 aromatic rings. The second-order valence-electron chi connectivity index (χ2n) is 5.49. The van der Waals surface area contributed by atoms with Crippen LogP contribution in [0.5, 0.6) is 0 Å². The van der Waals surface area contributed by atoms with E-state index in [0.717, 1.165) is 11.3 Å². The lowest BCUT2D eigenvalue weighted by Crippen LogP contribution is -2.26. The summed E-state index contributed by atoms with van der Waals surface area (Å²) in [6.07, 6.45) is 3.30. The van der Waals surface area contributed by atoms with Crippen molar-refractivity contribution in [2.24, 2.45) is 0 Å². The second kappa shape index (κ2) is 7.78.